The fourth-order valence-electron chi connectivity index (χ4n) is 2.65. The van der Waals surface area contributed by atoms with Crippen molar-refractivity contribution in [3.05, 3.63) is 24.3 Å². The minimum Gasteiger partial charge on any atom is -0.744 e. The quantitative estimate of drug-likeness (QED) is 0.351. The Morgan fingerprint density at radius 1 is 1.23 bits per heavy atom. The Morgan fingerprint density at radius 2 is 1.77 bits per heavy atom. The second-order valence-electron chi connectivity index (χ2n) is 5.36. The van der Waals surface area contributed by atoms with Crippen LogP contribution in [0, 0.1) is 5.92 Å². The normalized spacial score (nSPS) is 26.3. The summed E-state index contributed by atoms with van der Waals surface area (Å²) in [4.78, 5) is 9.71. The molecule has 1 aromatic carbocycles. The molecule has 1 aliphatic rings. The smallest absolute Gasteiger partial charge is 0.744 e. The second-order valence-corrected chi connectivity index (χ2v) is 8.39. The molecule has 26 heavy (non-hydrogen) atoms. The molecule has 0 unspecified atom stereocenters. The van der Waals surface area contributed by atoms with E-state index in [0.717, 1.165) is 12.1 Å². The first-order valence-corrected chi connectivity index (χ1v) is 9.86. The van der Waals surface area contributed by atoms with Crippen LogP contribution in [0.5, 0.6) is 0 Å². The molecule has 2 N–H and O–H groups in total. The van der Waals surface area contributed by atoms with Crippen molar-refractivity contribution < 1.29 is 70.3 Å². The van der Waals surface area contributed by atoms with E-state index in [1.807, 2.05) is 0 Å². The monoisotopic (exact) mass is 417 g/mol. The number of hydrogen-bond acceptors (Lipinski definition) is 8. The van der Waals surface area contributed by atoms with Crippen LogP contribution in [0.15, 0.2) is 34.1 Å². The number of nitrogens with one attached hydrogen (secondary N) is 1. The first kappa shape index (κ1) is 23.5. The summed E-state index contributed by atoms with van der Waals surface area (Å²) < 4.78 is 71.3. The molecule has 140 valence electrons. The molecule has 1 saturated heterocycles. The molecule has 4 atom stereocenters. The summed E-state index contributed by atoms with van der Waals surface area (Å²) in [5.74, 6) is -2.58. The number of methoxy groups -OCH3 is 1. The van der Waals surface area contributed by atoms with Gasteiger partial charge in [-0.15, -0.1) is 0 Å². The van der Waals surface area contributed by atoms with Gasteiger partial charge in [0, 0.05) is 7.11 Å². The topological polar surface area (TPSA) is 159 Å². The average Bonchev–Trinajstić information content (AvgIpc) is 2.81. The fraction of sp³-hybridized carbons (Fsp3) is 0.462. The van der Waals surface area contributed by atoms with Crippen LogP contribution in [0.4, 0.5) is 0 Å². The van der Waals surface area contributed by atoms with E-state index in [4.69, 9.17) is 9.47 Å². The largest absolute Gasteiger partial charge is 1.00 e. The van der Waals surface area contributed by atoms with Crippen LogP contribution in [0.1, 0.15) is 6.92 Å². The molecule has 0 spiro atoms. The third-order valence-corrected chi connectivity index (χ3v) is 6.29. The van der Waals surface area contributed by atoms with Gasteiger partial charge in [0.15, 0.2) is 6.29 Å². The van der Waals surface area contributed by atoms with Crippen LogP contribution in [0.25, 0.3) is 0 Å². The van der Waals surface area contributed by atoms with Gasteiger partial charge in [-0.05, 0) is 19.1 Å². The number of hydrogen-bond donors (Lipinski definition) is 2. The molecule has 1 heterocycles. The van der Waals surface area contributed by atoms with E-state index in [1.54, 1.807) is 0 Å². The average molecular weight is 417 g/mol. The van der Waals surface area contributed by atoms with E-state index >= 15 is 0 Å². The van der Waals surface area contributed by atoms with Gasteiger partial charge in [-0.2, -0.15) is 0 Å². The van der Waals surface area contributed by atoms with E-state index < -0.39 is 60.3 Å². The summed E-state index contributed by atoms with van der Waals surface area (Å²) in [6.45, 7) is 1.44. The molecule has 10 nitrogen and oxygen atoms in total. The number of ether oxygens (including phenoxy) is 2. The summed E-state index contributed by atoms with van der Waals surface area (Å²) in [5, 5.41) is 9.30. The summed E-state index contributed by atoms with van der Waals surface area (Å²) in [6.07, 6.45) is -2.05. The van der Waals surface area contributed by atoms with Gasteiger partial charge in [-0.3, -0.25) is 4.79 Å². The van der Waals surface area contributed by atoms with Gasteiger partial charge in [-0.25, -0.2) is 21.6 Å². The summed E-state index contributed by atoms with van der Waals surface area (Å²) in [5.41, 5.74) is 0. The molecule has 1 aliphatic heterocycles. The van der Waals surface area contributed by atoms with E-state index in [-0.39, 0.29) is 29.6 Å². The maximum absolute atomic E-state index is 12.6. The van der Waals surface area contributed by atoms with Gasteiger partial charge in [-0.1, -0.05) is 12.1 Å². The van der Waals surface area contributed by atoms with E-state index in [0.29, 0.717) is 0 Å². The van der Waals surface area contributed by atoms with Crippen molar-refractivity contribution >= 4 is 26.1 Å². The molecule has 0 amide bonds. The first-order valence-electron chi connectivity index (χ1n) is 6.97. The van der Waals surface area contributed by atoms with E-state index in [1.165, 1.54) is 26.2 Å². The number of carboxylic acids is 1. The zero-order valence-corrected chi connectivity index (χ0v) is 17.8. The van der Waals surface area contributed by atoms with Crippen molar-refractivity contribution in [3.63, 3.8) is 0 Å². The Bertz CT molecular complexity index is 871. The third kappa shape index (κ3) is 4.82. The Morgan fingerprint density at radius 3 is 2.23 bits per heavy atom. The Hall–Kier alpha value is -0.570. The molecule has 2 rings (SSSR count). The molecule has 13 heteroatoms. The van der Waals surface area contributed by atoms with Crippen molar-refractivity contribution in [2.45, 2.75) is 35.2 Å². The van der Waals surface area contributed by atoms with Crippen LogP contribution in [0.3, 0.4) is 0 Å². The van der Waals surface area contributed by atoms with Crippen molar-refractivity contribution in [3.8, 4) is 0 Å². The molecule has 0 bridgehead atoms. The summed E-state index contributed by atoms with van der Waals surface area (Å²) in [6, 6.07) is 2.91. The summed E-state index contributed by atoms with van der Waals surface area (Å²) in [7, 11) is -8.39. The fourth-order valence-corrected chi connectivity index (χ4v) is 5.18. The zero-order chi connectivity index (χ0) is 19.0. The molecular formula is C13H16NNaO9S2. The van der Waals surface area contributed by atoms with Crippen molar-refractivity contribution in [2.75, 3.05) is 7.11 Å². The Kier molecular flexibility index (Phi) is 7.79. The van der Waals surface area contributed by atoms with E-state index in [2.05, 4.69) is 4.72 Å². The van der Waals surface area contributed by atoms with Crippen LogP contribution in [0.2, 0.25) is 0 Å². The summed E-state index contributed by atoms with van der Waals surface area (Å²) >= 11 is 0. The zero-order valence-electron chi connectivity index (χ0n) is 14.1. The van der Waals surface area contributed by atoms with Gasteiger partial charge in [0.05, 0.1) is 21.9 Å². The van der Waals surface area contributed by atoms with Gasteiger partial charge in [0.1, 0.15) is 16.0 Å². The number of aliphatic carboxylic acids is 1. The number of benzene rings is 1. The molecule has 0 aromatic heterocycles. The number of carboxylic acid groups (broad SMARTS) is 1. The molecule has 1 fully saturated rings. The maximum atomic E-state index is 12.6. The SMILES string of the molecule is CO[C@H]1O[C@H](C)[C@H](C(=O)O)[C@H]1NS(=O)(=O)c1ccccc1S(=O)(=O)[O-].[Na+]. The van der Waals surface area contributed by atoms with Crippen LogP contribution >= 0.6 is 0 Å². The standard InChI is InChI=1S/C13H17NO9S2.Na/c1-7-10(12(15)16)11(13(22-2)23-7)14-24(17,18)8-5-3-4-6-9(8)25(19,20)21;/h3-7,10-11,13-14H,1-2H3,(H,15,16)(H,19,20,21);/q;+1/p-1/t7-,10+,11-,13+;/m1./s1. The van der Waals surface area contributed by atoms with Crippen molar-refractivity contribution in [1.29, 1.82) is 0 Å². The van der Waals surface area contributed by atoms with Crippen LogP contribution < -0.4 is 34.3 Å². The first-order chi connectivity index (χ1) is 11.5. The number of rotatable bonds is 6. The predicted molar refractivity (Wildman–Crippen MR) is 81.0 cm³/mol. The molecular weight excluding hydrogens is 401 g/mol. The second kappa shape index (κ2) is 8.63. The predicted octanol–water partition coefficient (Wildman–Crippen LogP) is -3.67. The molecule has 1 aromatic rings. The van der Waals surface area contributed by atoms with Crippen molar-refractivity contribution in [1.82, 2.24) is 4.72 Å². The minimum atomic E-state index is -5.06. The third-order valence-electron chi connectivity index (χ3n) is 3.75. The van der Waals surface area contributed by atoms with Crippen molar-refractivity contribution in [2.24, 2.45) is 5.92 Å². The molecule has 0 aliphatic carbocycles. The van der Waals surface area contributed by atoms with Gasteiger partial charge >= 0.3 is 35.5 Å². The van der Waals surface area contributed by atoms with Crippen LogP contribution in [-0.4, -0.2) is 58.0 Å². The Labute approximate surface area is 173 Å². The maximum Gasteiger partial charge on any atom is 1.00 e. The van der Waals surface area contributed by atoms with Gasteiger partial charge in [0.2, 0.25) is 10.0 Å². The molecule has 0 radical (unpaired) electrons. The van der Waals surface area contributed by atoms with Gasteiger partial charge < -0.3 is 19.1 Å². The van der Waals surface area contributed by atoms with E-state index in [9.17, 15) is 31.3 Å². The number of sulfonamides is 1. The molecule has 0 saturated carbocycles. The van der Waals surface area contributed by atoms with Gasteiger partial charge in [0.25, 0.3) is 0 Å². The Balaban J connectivity index is 0.00000338. The van der Waals surface area contributed by atoms with Crippen LogP contribution in [-0.2, 0) is 34.4 Å². The minimum absolute atomic E-state index is 0. The number of carbonyl (C=O) groups is 1.